The van der Waals surface area contributed by atoms with Gasteiger partial charge in [-0.2, -0.15) is 0 Å². The van der Waals surface area contributed by atoms with Crippen LogP contribution in [0.2, 0.25) is 0 Å². The van der Waals surface area contributed by atoms with Gasteiger partial charge in [0.15, 0.2) is 0 Å². The largest absolute Gasteiger partial charge is 0.444 e. The van der Waals surface area contributed by atoms with Crippen LogP contribution in [0.1, 0.15) is 39.2 Å². The van der Waals surface area contributed by atoms with E-state index >= 15 is 0 Å². The van der Waals surface area contributed by atoms with Gasteiger partial charge >= 0.3 is 6.09 Å². The summed E-state index contributed by atoms with van der Waals surface area (Å²) >= 11 is 0. The summed E-state index contributed by atoms with van der Waals surface area (Å²) in [6, 6.07) is 7.17. The number of aliphatic hydroxyl groups is 1. The fraction of sp³-hybridized carbons (Fsp3) is 0.444. The van der Waals surface area contributed by atoms with Gasteiger partial charge < -0.3 is 15.6 Å². The summed E-state index contributed by atoms with van der Waals surface area (Å²) in [5.41, 5.74) is 7.01. The molecule has 1 aliphatic rings. The molecule has 0 radical (unpaired) electrons. The molecule has 1 aromatic rings. The molecule has 2 rings (SSSR count). The molecule has 0 atom stereocenters. The highest BCUT2D eigenvalue weighted by Gasteiger charge is 2.45. The lowest BCUT2D eigenvalue weighted by Gasteiger charge is -2.20. The summed E-state index contributed by atoms with van der Waals surface area (Å²) in [7, 11) is 1.66. The first-order chi connectivity index (χ1) is 11.2. The van der Waals surface area contributed by atoms with Gasteiger partial charge in [-0.15, -0.1) is 0 Å². The summed E-state index contributed by atoms with van der Waals surface area (Å²) < 4.78 is 5.22. The SMILES string of the molecule is CN=C(/C(=C\N)C1(O)CC1)c1ccc(NC(=O)OC(C)(C)C)cc1. The molecule has 1 aliphatic carbocycles. The van der Waals surface area contributed by atoms with Gasteiger partial charge in [0.2, 0.25) is 0 Å². The molecule has 6 nitrogen and oxygen atoms in total. The van der Waals surface area contributed by atoms with Crippen LogP contribution in [0, 0.1) is 0 Å². The van der Waals surface area contributed by atoms with Gasteiger partial charge in [0.05, 0.1) is 11.3 Å². The molecular formula is C18H25N3O3. The first-order valence-electron chi connectivity index (χ1n) is 7.91. The number of benzene rings is 1. The maximum atomic E-state index is 11.8. The van der Waals surface area contributed by atoms with Crippen LogP contribution in [-0.2, 0) is 4.74 Å². The summed E-state index contributed by atoms with van der Waals surface area (Å²) in [6.07, 6.45) is 2.29. The molecule has 4 N–H and O–H groups in total. The van der Waals surface area contributed by atoms with E-state index in [0.717, 1.165) is 5.56 Å². The molecule has 24 heavy (non-hydrogen) atoms. The highest BCUT2D eigenvalue weighted by atomic mass is 16.6. The second kappa shape index (κ2) is 6.65. The Labute approximate surface area is 142 Å². The van der Waals surface area contributed by atoms with E-state index in [1.165, 1.54) is 6.20 Å². The van der Waals surface area contributed by atoms with Crippen LogP contribution < -0.4 is 11.1 Å². The van der Waals surface area contributed by atoms with Crippen LogP contribution >= 0.6 is 0 Å². The highest BCUT2D eigenvalue weighted by Crippen LogP contribution is 2.43. The van der Waals surface area contributed by atoms with Crippen LogP contribution in [0.15, 0.2) is 41.0 Å². The zero-order chi connectivity index (χ0) is 18.0. The average Bonchev–Trinajstić information content (AvgIpc) is 3.22. The van der Waals surface area contributed by atoms with Gasteiger partial charge in [-0.25, -0.2) is 4.79 Å². The molecule has 0 spiro atoms. The van der Waals surface area contributed by atoms with E-state index < -0.39 is 17.3 Å². The molecule has 0 saturated heterocycles. The zero-order valence-electron chi connectivity index (χ0n) is 14.6. The lowest BCUT2D eigenvalue weighted by atomic mass is 9.97. The van der Waals surface area contributed by atoms with Crippen molar-refractivity contribution in [2.45, 2.75) is 44.8 Å². The van der Waals surface area contributed by atoms with Gasteiger partial charge in [-0.3, -0.25) is 10.3 Å². The Balaban J connectivity index is 2.12. The molecular weight excluding hydrogens is 306 g/mol. The first-order valence-corrected chi connectivity index (χ1v) is 7.91. The minimum absolute atomic E-state index is 0.505. The second-order valence-corrected chi connectivity index (χ2v) is 6.89. The van der Waals surface area contributed by atoms with Crippen molar-refractivity contribution in [3.8, 4) is 0 Å². The molecule has 1 amide bonds. The third-order valence-electron chi connectivity index (χ3n) is 3.67. The fourth-order valence-electron chi connectivity index (χ4n) is 2.38. The highest BCUT2D eigenvalue weighted by molar-refractivity contribution is 6.14. The Hall–Kier alpha value is -2.34. The molecule has 130 valence electrons. The lowest BCUT2D eigenvalue weighted by molar-refractivity contribution is 0.0636. The number of hydrogen-bond acceptors (Lipinski definition) is 5. The van der Waals surface area contributed by atoms with Gasteiger partial charge in [0.1, 0.15) is 5.60 Å². The maximum absolute atomic E-state index is 11.8. The number of anilines is 1. The van der Waals surface area contributed by atoms with E-state index in [0.29, 0.717) is 29.8 Å². The number of rotatable bonds is 4. The van der Waals surface area contributed by atoms with E-state index in [4.69, 9.17) is 10.5 Å². The van der Waals surface area contributed by atoms with E-state index in [1.807, 2.05) is 32.9 Å². The van der Waals surface area contributed by atoms with Crippen LogP contribution in [0.5, 0.6) is 0 Å². The molecule has 0 heterocycles. The summed E-state index contributed by atoms with van der Waals surface area (Å²) in [5, 5.41) is 13.0. The van der Waals surface area contributed by atoms with Gasteiger partial charge in [-0.1, -0.05) is 12.1 Å². The molecule has 0 unspecified atom stereocenters. The second-order valence-electron chi connectivity index (χ2n) is 6.89. The molecule has 0 aromatic heterocycles. The predicted octanol–water partition coefficient (Wildman–Crippen LogP) is 2.82. The number of nitrogens with zero attached hydrogens (tertiary/aromatic N) is 1. The monoisotopic (exact) mass is 331 g/mol. The number of amides is 1. The third-order valence-corrected chi connectivity index (χ3v) is 3.67. The number of carbonyl (C=O) groups is 1. The summed E-state index contributed by atoms with van der Waals surface area (Å²) in [5.74, 6) is 0. The van der Waals surface area contributed by atoms with Crippen LogP contribution in [0.4, 0.5) is 10.5 Å². The molecule has 0 aliphatic heterocycles. The van der Waals surface area contributed by atoms with Crippen LogP contribution in [-0.4, -0.2) is 35.2 Å². The van der Waals surface area contributed by atoms with Crippen molar-refractivity contribution in [1.29, 1.82) is 0 Å². The Morgan fingerprint density at radius 1 is 1.33 bits per heavy atom. The first kappa shape index (κ1) is 18.0. The molecule has 1 fully saturated rings. The number of hydrogen-bond donors (Lipinski definition) is 3. The van der Waals surface area contributed by atoms with Crippen molar-refractivity contribution < 1.29 is 14.6 Å². The van der Waals surface area contributed by atoms with Gasteiger partial charge in [0.25, 0.3) is 0 Å². The van der Waals surface area contributed by atoms with Crippen molar-refractivity contribution >= 4 is 17.5 Å². The Morgan fingerprint density at radius 3 is 2.33 bits per heavy atom. The summed E-state index contributed by atoms with van der Waals surface area (Å²) in [6.45, 7) is 5.43. The van der Waals surface area contributed by atoms with Crippen molar-refractivity contribution in [2.75, 3.05) is 12.4 Å². The third kappa shape index (κ3) is 4.35. The Bertz CT molecular complexity index is 666. The van der Waals surface area contributed by atoms with E-state index in [2.05, 4.69) is 10.3 Å². The minimum Gasteiger partial charge on any atom is -0.444 e. The predicted molar refractivity (Wildman–Crippen MR) is 95.2 cm³/mol. The van der Waals surface area contributed by atoms with Crippen LogP contribution in [0.3, 0.4) is 0 Å². The lowest BCUT2D eigenvalue weighted by Crippen LogP contribution is -2.27. The zero-order valence-corrected chi connectivity index (χ0v) is 14.6. The van der Waals surface area contributed by atoms with Crippen molar-refractivity contribution in [3.05, 3.63) is 41.6 Å². The Morgan fingerprint density at radius 2 is 1.92 bits per heavy atom. The van der Waals surface area contributed by atoms with E-state index in [-0.39, 0.29) is 0 Å². The molecule has 1 saturated carbocycles. The maximum Gasteiger partial charge on any atom is 0.412 e. The fourth-order valence-corrected chi connectivity index (χ4v) is 2.38. The number of nitrogens with one attached hydrogen (secondary N) is 1. The average molecular weight is 331 g/mol. The number of ether oxygens (including phenoxy) is 1. The smallest absolute Gasteiger partial charge is 0.412 e. The molecule has 1 aromatic carbocycles. The van der Waals surface area contributed by atoms with Crippen molar-refractivity contribution in [1.82, 2.24) is 0 Å². The van der Waals surface area contributed by atoms with Gasteiger partial charge in [-0.05, 0) is 45.7 Å². The topological polar surface area (TPSA) is 96.9 Å². The number of aliphatic imine (C=N–C) groups is 1. The minimum atomic E-state index is -0.864. The summed E-state index contributed by atoms with van der Waals surface area (Å²) in [4.78, 5) is 16.1. The van der Waals surface area contributed by atoms with Crippen molar-refractivity contribution in [3.63, 3.8) is 0 Å². The van der Waals surface area contributed by atoms with E-state index in [1.54, 1.807) is 19.2 Å². The van der Waals surface area contributed by atoms with Crippen LogP contribution in [0.25, 0.3) is 0 Å². The number of carbonyl (C=O) groups excluding carboxylic acids is 1. The molecule has 6 heteroatoms. The quantitative estimate of drug-likeness (QED) is 0.739. The van der Waals surface area contributed by atoms with E-state index in [9.17, 15) is 9.90 Å². The van der Waals surface area contributed by atoms with Crippen molar-refractivity contribution in [2.24, 2.45) is 10.7 Å². The standard InChI is InChI=1S/C18H25N3O3/c1-17(2,3)24-16(22)21-13-7-5-12(6-8-13)15(20-4)14(11-19)18(23)9-10-18/h5-8,11,23H,9-10,19H2,1-4H3,(H,21,22)/b14-11+,20-15?. The van der Waals surface area contributed by atoms with Gasteiger partial charge in [0, 0.05) is 30.1 Å². The number of nitrogens with two attached hydrogens (primary N) is 1. The molecule has 0 bridgehead atoms. The Kier molecular flexibility index (Phi) is 4.99. The normalized spacial score (nSPS) is 17.4.